The third kappa shape index (κ3) is 3.69. The number of sulfonamides is 1. The summed E-state index contributed by atoms with van der Waals surface area (Å²) < 4.78 is 39.7. The van der Waals surface area contributed by atoms with Crippen molar-refractivity contribution in [3.8, 4) is 0 Å². The standard InChI is InChI=1S/C13H12ClFN2O4S2/c1-7-16-8(6-22-7)5-17(2)23(20,21)9-3-10(13(18)19)12(14)11(15)4-9/h3-4,6H,5H2,1-2H3,(H,18,19). The minimum absolute atomic E-state index is 0.0146. The van der Waals surface area contributed by atoms with Crippen molar-refractivity contribution in [2.24, 2.45) is 0 Å². The molecule has 10 heteroatoms. The summed E-state index contributed by atoms with van der Waals surface area (Å²) in [5.41, 5.74) is -0.0605. The van der Waals surface area contributed by atoms with Crippen LogP contribution in [0.15, 0.2) is 22.4 Å². The van der Waals surface area contributed by atoms with Gasteiger partial charge in [0.2, 0.25) is 10.0 Å². The number of carboxylic acid groups (broad SMARTS) is 1. The van der Waals surface area contributed by atoms with Gasteiger partial charge < -0.3 is 5.11 Å². The second-order valence-corrected chi connectivity index (χ2v) is 8.18. The Morgan fingerprint density at radius 2 is 2.13 bits per heavy atom. The summed E-state index contributed by atoms with van der Waals surface area (Å²) in [7, 11) is -2.78. The lowest BCUT2D eigenvalue weighted by Crippen LogP contribution is -2.27. The molecule has 0 amide bonds. The first-order valence-electron chi connectivity index (χ1n) is 6.22. The minimum Gasteiger partial charge on any atom is -0.478 e. The molecule has 0 unspecified atom stereocenters. The van der Waals surface area contributed by atoms with Crippen molar-refractivity contribution < 1.29 is 22.7 Å². The highest BCUT2D eigenvalue weighted by molar-refractivity contribution is 7.89. The number of rotatable bonds is 5. The first-order valence-corrected chi connectivity index (χ1v) is 8.92. The average Bonchev–Trinajstić information content (AvgIpc) is 2.86. The quantitative estimate of drug-likeness (QED) is 0.864. The fraction of sp³-hybridized carbons (Fsp3) is 0.231. The van der Waals surface area contributed by atoms with E-state index in [1.54, 1.807) is 12.3 Å². The Bertz CT molecular complexity index is 867. The van der Waals surface area contributed by atoms with Gasteiger partial charge in [0.1, 0.15) is 5.82 Å². The predicted molar refractivity (Wildman–Crippen MR) is 83.9 cm³/mol. The van der Waals surface area contributed by atoms with Crippen molar-refractivity contribution >= 4 is 38.9 Å². The number of hydrogen-bond acceptors (Lipinski definition) is 5. The van der Waals surface area contributed by atoms with E-state index in [1.807, 2.05) is 0 Å². The van der Waals surface area contributed by atoms with Gasteiger partial charge in [0.15, 0.2) is 0 Å². The molecule has 1 N–H and O–H groups in total. The van der Waals surface area contributed by atoms with Crippen LogP contribution in [0, 0.1) is 12.7 Å². The zero-order valence-corrected chi connectivity index (χ0v) is 14.5. The number of halogens is 2. The van der Waals surface area contributed by atoms with Crippen LogP contribution < -0.4 is 0 Å². The number of aryl methyl sites for hydroxylation is 1. The number of carboxylic acids is 1. The number of hydrogen-bond donors (Lipinski definition) is 1. The SMILES string of the molecule is Cc1nc(CN(C)S(=O)(=O)c2cc(F)c(Cl)c(C(=O)O)c2)cs1. The van der Waals surface area contributed by atoms with Crippen LogP contribution in [0.2, 0.25) is 5.02 Å². The topological polar surface area (TPSA) is 87.6 Å². The summed E-state index contributed by atoms with van der Waals surface area (Å²) in [5, 5.41) is 10.9. The third-order valence-corrected chi connectivity index (χ3v) is 5.98. The van der Waals surface area contributed by atoms with Crippen molar-refractivity contribution in [1.82, 2.24) is 9.29 Å². The largest absolute Gasteiger partial charge is 0.478 e. The number of aromatic carboxylic acids is 1. The average molecular weight is 379 g/mol. The van der Waals surface area contributed by atoms with Gasteiger partial charge >= 0.3 is 5.97 Å². The lowest BCUT2D eigenvalue weighted by Gasteiger charge is -2.17. The van der Waals surface area contributed by atoms with Gasteiger partial charge in [-0.25, -0.2) is 22.6 Å². The van der Waals surface area contributed by atoms with Gasteiger partial charge in [-0.2, -0.15) is 4.31 Å². The normalized spacial score (nSPS) is 11.9. The summed E-state index contributed by atoms with van der Waals surface area (Å²) in [5.74, 6) is -2.62. The van der Waals surface area contributed by atoms with E-state index < -0.39 is 37.3 Å². The highest BCUT2D eigenvalue weighted by Gasteiger charge is 2.26. The summed E-state index contributed by atoms with van der Waals surface area (Å²) >= 11 is 6.93. The molecule has 23 heavy (non-hydrogen) atoms. The van der Waals surface area contributed by atoms with Gasteiger partial charge in [-0.05, 0) is 19.1 Å². The molecule has 1 aromatic carbocycles. The molecule has 0 spiro atoms. The van der Waals surface area contributed by atoms with Crippen molar-refractivity contribution in [3.63, 3.8) is 0 Å². The molecule has 0 saturated carbocycles. The van der Waals surface area contributed by atoms with Crippen LogP contribution in [0.25, 0.3) is 0 Å². The second-order valence-electron chi connectivity index (χ2n) is 4.69. The Balaban J connectivity index is 2.41. The summed E-state index contributed by atoms with van der Waals surface area (Å²) in [6.07, 6.45) is 0. The van der Waals surface area contributed by atoms with Crippen LogP contribution in [-0.2, 0) is 16.6 Å². The molecule has 0 bridgehead atoms. The van der Waals surface area contributed by atoms with E-state index >= 15 is 0 Å². The minimum atomic E-state index is -4.09. The van der Waals surface area contributed by atoms with Crippen molar-refractivity contribution in [2.75, 3.05) is 7.05 Å². The molecule has 0 radical (unpaired) electrons. The lowest BCUT2D eigenvalue weighted by molar-refractivity contribution is 0.0696. The van der Waals surface area contributed by atoms with Gasteiger partial charge in [0.05, 0.1) is 32.7 Å². The molecule has 124 valence electrons. The zero-order valence-electron chi connectivity index (χ0n) is 12.1. The maximum Gasteiger partial charge on any atom is 0.337 e. The Morgan fingerprint density at radius 1 is 1.48 bits per heavy atom. The van der Waals surface area contributed by atoms with Crippen molar-refractivity contribution in [3.05, 3.63) is 44.6 Å². The molecule has 2 rings (SSSR count). The highest BCUT2D eigenvalue weighted by Crippen LogP contribution is 2.26. The molecule has 1 aromatic heterocycles. The number of nitrogens with zero attached hydrogens (tertiary/aromatic N) is 2. The molecule has 6 nitrogen and oxygen atoms in total. The molecular weight excluding hydrogens is 367 g/mol. The van der Waals surface area contributed by atoms with E-state index in [1.165, 1.54) is 18.4 Å². The molecule has 0 atom stereocenters. The maximum absolute atomic E-state index is 13.7. The molecule has 0 saturated heterocycles. The van der Waals surface area contributed by atoms with E-state index in [0.29, 0.717) is 11.8 Å². The Morgan fingerprint density at radius 3 is 2.65 bits per heavy atom. The van der Waals surface area contributed by atoms with Crippen molar-refractivity contribution in [2.45, 2.75) is 18.4 Å². The first kappa shape index (κ1) is 17.8. The Hall–Kier alpha value is -1.55. The van der Waals surface area contributed by atoms with Crippen LogP contribution >= 0.6 is 22.9 Å². The van der Waals surface area contributed by atoms with Gasteiger partial charge in [0, 0.05) is 12.4 Å². The number of thiazole rings is 1. The maximum atomic E-state index is 13.7. The van der Waals surface area contributed by atoms with E-state index in [-0.39, 0.29) is 6.54 Å². The van der Waals surface area contributed by atoms with Gasteiger partial charge in [0.25, 0.3) is 0 Å². The number of carbonyl (C=O) groups is 1. The van der Waals surface area contributed by atoms with Crippen LogP contribution in [0.4, 0.5) is 4.39 Å². The van der Waals surface area contributed by atoms with Crippen LogP contribution in [0.1, 0.15) is 21.1 Å². The van der Waals surface area contributed by atoms with Crippen LogP contribution in [-0.4, -0.2) is 35.8 Å². The zero-order chi connectivity index (χ0) is 17.4. The molecule has 0 aliphatic rings. The van der Waals surface area contributed by atoms with Crippen molar-refractivity contribution in [1.29, 1.82) is 0 Å². The second kappa shape index (κ2) is 6.52. The van der Waals surface area contributed by atoms with E-state index in [9.17, 15) is 17.6 Å². The highest BCUT2D eigenvalue weighted by atomic mass is 35.5. The number of benzene rings is 1. The lowest BCUT2D eigenvalue weighted by atomic mass is 10.2. The first-order chi connectivity index (χ1) is 10.6. The molecule has 2 aromatic rings. The van der Waals surface area contributed by atoms with Gasteiger partial charge in [-0.15, -0.1) is 11.3 Å². The molecule has 1 heterocycles. The summed E-state index contributed by atoms with van der Waals surface area (Å²) in [4.78, 5) is 14.7. The predicted octanol–water partition coefficient (Wildman–Crippen LogP) is 2.76. The third-order valence-electron chi connectivity index (χ3n) is 2.99. The Labute approximate surface area is 141 Å². The fourth-order valence-corrected chi connectivity index (χ4v) is 3.82. The number of aromatic nitrogens is 1. The van der Waals surface area contributed by atoms with E-state index in [0.717, 1.165) is 15.4 Å². The smallest absolute Gasteiger partial charge is 0.337 e. The molecule has 0 aliphatic heterocycles. The van der Waals surface area contributed by atoms with Gasteiger partial charge in [-0.3, -0.25) is 0 Å². The van der Waals surface area contributed by atoms with Crippen LogP contribution in [0.5, 0.6) is 0 Å². The monoisotopic (exact) mass is 378 g/mol. The summed E-state index contributed by atoms with van der Waals surface area (Å²) in [6, 6.07) is 1.54. The van der Waals surface area contributed by atoms with Crippen LogP contribution in [0.3, 0.4) is 0 Å². The van der Waals surface area contributed by atoms with E-state index in [4.69, 9.17) is 16.7 Å². The molecular formula is C13H12ClFN2O4S2. The van der Waals surface area contributed by atoms with Gasteiger partial charge in [-0.1, -0.05) is 11.6 Å². The molecule has 0 fully saturated rings. The molecule has 0 aliphatic carbocycles. The van der Waals surface area contributed by atoms with E-state index in [2.05, 4.69) is 4.98 Å². The Kier molecular flexibility index (Phi) is 5.04. The summed E-state index contributed by atoms with van der Waals surface area (Å²) in [6.45, 7) is 1.77. The fourth-order valence-electron chi connectivity index (χ4n) is 1.84.